The molecule has 0 aliphatic carbocycles. The molecular formula is C9H22N2O. The summed E-state index contributed by atoms with van der Waals surface area (Å²) in [5.74, 6) is 0. The van der Waals surface area contributed by atoms with E-state index >= 15 is 0 Å². The maximum Gasteiger partial charge on any atom is 0.0598 e. The van der Waals surface area contributed by atoms with E-state index in [2.05, 4.69) is 26.1 Å². The molecule has 0 spiro atoms. The van der Waals surface area contributed by atoms with Crippen LogP contribution >= 0.6 is 0 Å². The minimum atomic E-state index is -0.00608. The average Bonchev–Trinajstić information content (AvgIpc) is 1.94. The predicted molar refractivity (Wildman–Crippen MR) is 52.2 cm³/mol. The smallest absolute Gasteiger partial charge is 0.0598 e. The maximum absolute atomic E-state index is 5.54. The van der Waals surface area contributed by atoms with E-state index in [4.69, 9.17) is 10.5 Å². The zero-order valence-electron chi connectivity index (χ0n) is 8.52. The Hall–Kier alpha value is -0.120. The van der Waals surface area contributed by atoms with Crippen LogP contribution in [-0.2, 0) is 4.74 Å². The van der Waals surface area contributed by atoms with Crippen molar-refractivity contribution < 1.29 is 4.74 Å². The summed E-state index contributed by atoms with van der Waals surface area (Å²) in [6.07, 6.45) is 1.05. The molecule has 0 rings (SSSR count). The van der Waals surface area contributed by atoms with Gasteiger partial charge in [-0.3, -0.25) is 0 Å². The molecule has 0 fully saturated rings. The van der Waals surface area contributed by atoms with Gasteiger partial charge in [0.1, 0.15) is 0 Å². The molecule has 0 radical (unpaired) electrons. The van der Waals surface area contributed by atoms with Crippen LogP contribution in [0, 0.1) is 0 Å². The van der Waals surface area contributed by atoms with E-state index in [-0.39, 0.29) is 5.60 Å². The van der Waals surface area contributed by atoms with Crippen LogP contribution in [0.3, 0.4) is 0 Å². The molecule has 0 aliphatic heterocycles. The number of nitrogens with one attached hydrogen (secondary N) is 1. The summed E-state index contributed by atoms with van der Waals surface area (Å²) < 4.78 is 5.54. The topological polar surface area (TPSA) is 47.3 Å². The highest BCUT2D eigenvalue weighted by Gasteiger charge is 2.08. The molecule has 0 amide bonds. The fourth-order valence-corrected chi connectivity index (χ4v) is 0.803. The Morgan fingerprint density at radius 2 is 1.92 bits per heavy atom. The molecule has 0 unspecified atom stereocenters. The van der Waals surface area contributed by atoms with Crippen molar-refractivity contribution in [2.45, 2.75) is 32.8 Å². The van der Waals surface area contributed by atoms with E-state index in [0.717, 1.165) is 26.1 Å². The standard InChI is InChI=1S/C9H22N2O/c1-9(2,3)12-8-4-6-11-7-5-10/h11H,4-8,10H2,1-3H3. The van der Waals surface area contributed by atoms with Crippen LogP contribution in [0.4, 0.5) is 0 Å². The van der Waals surface area contributed by atoms with Crippen molar-refractivity contribution >= 4 is 0 Å². The molecule has 0 bridgehead atoms. The van der Waals surface area contributed by atoms with Gasteiger partial charge in [0.15, 0.2) is 0 Å². The first-order valence-corrected chi connectivity index (χ1v) is 4.61. The highest BCUT2D eigenvalue weighted by molar-refractivity contribution is 4.58. The van der Waals surface area contributed by atoms with Crippen molar-refractivity contribution in [1.29, 1.82) is 0 Å². The molecule has 0 atom stereocenters. The Labute approximate surface area is 75.7 Å². The quantitative estimate of drug-likeness (QED) is 0.584. The molecule has 3 heteroatoms. The summed E-state index contributed by atoms with van der Waals surface area (Å²) in [7, 11) is 0. The fourth-order valence-electron chi connectivity index (χ4n) is 0.803. The second-order valence-electron chi connectivity index (χ2n) is 3.85. The van der Waals surface area contributed by atoms with Crippen molar-refractivity contribution in [1.82, 2.24) is 5.32 Å². The molecule has 0 saturated carbocycles. The third-order valence-corrected chi connectivity index (χ3v) is 1.35. The summed E-state index contributed by atoms with van der Waals surface area (Å²) in [6, 6.07) is 0. The van der Waals surface area contributed by atoms with Crippen LogP contribution in [0.1, 0.15) is 27.2 Å². The number of nitrogens with two attached hydrogens (primary N) is 1. The van der Waals surface area contributed by atoms with Crippen LogP contribution in [0.25, 0.3) is 0 Å². The minimum absolute atomic E-state index is 0.00608. The number of hydrogen-bond acceptors (Lipinski definition) is 3. The van der Waals surface area contributed by atoms with E-state index in [1.807, 2.05) is 0 Å². The SMILES string of the molecule is CC(C)(C)OCCCNCCN. The molecule has 0 saturated heterocycles. The van der Waals surface area contributed by atoms with E-state index in [1.165, 1.54) is 0 Å². The Balaban J connectivity index is 3.01. The van der Waals surface area contributed by atoms with Gasteiger partial charge >= 0.3 is 0 Å². The number of ether oxygens (including phenoxy) is 1. The van der Waals surface area contributed by atoms with Crippen LogP contribution in [0.15, 0.2) is 0 Å². The second-order valence-corrected chi connectivity index (χ2v) is 3.85. The third-order valence-electron chi connectivity index (χ3n) is 1.35. The molecule has 3 N–H and O–H groups in total. The molecule has 0 aliphatic rings. The van der Waals surface area contributed by atoms with Gasteiger partial charge in [-0.2, -0.15) is 0 Å². The molecule has 0 aromatic rings. The highest BCUT2D eigenvalue weighted by Crippen LogP contribution is 2.06. The molecule has 0 aromatic heterocycles. The third kappa shape index (κ3) is 9.88. The van der Waals surface area contributed by atoms with Gasteiger partial charge in [0.25, 0.3) is 0 Å². The zero-order valence-corrected chi connectivity index (χ0v) is 8.52. The zero-order chi connectivity index (χ0) is 9.45. The molecule has 3 nitrogen and oxygen atoms in total. The summed E-state index contributed by atoms with van der Waals surface area (Å²) in [5.41, 5.74) is 5.31. The van der Waals surface area contributed by atoms with Crippen LogP contribution in [0.5, 0.6) is 0 Å². The monoisotopic (exact) mass is 174 g/mol. The van der Waals surface area contributed by atoms with Crippen LogP contribution in [0.2, 0.25) is 0 Å². The largest absolute Gasteiger partial charge is 0.376 e. The lowest BCUT2D eigenvalue weighted by Crippen LogP contribution is -2.26. The lowest BCUT2D eigenvalue weighted by molar-refractivity contribution is -0.00373. The minimum Gasteiger partial charge on any atom is -0.376 e. The first-order valence-electron chi connectivity index (χ1n) is 4.61. The van der Waals surface area contributed by atoms with E-state index < -0.39 is 0 Å². The fraction of sp³-hybridized carbons (Fsp3) is 1.00. The molecular weight excluding hydrogens is 152 g/mol. The Morgan fingerprint density at radius 1 is 1.25 bits per heavy atom. The Bertz CT molecular complexity index is 99.2. The Kier molecular flexibility index (Phi) is 6.34. The maximum atomic E-state index is 5.54. The van der Waals surface area contributed by atoms with Crippen LogP contribution < -0.4 is 11.1 Å². The average molecular weight is 174 g/mol. The van der Waals surface area contributed by atoms with Gasteiger partial charge < -0.3 is 15.8 Å². The van der Waals surface area contributed by atoms with E-state index in [0.29, 0.717) is 6.54 Å². The summed E-state index contributed by atoms with van der Waals surface area (Å²) in [4.78, 5) is 0. The van der Waals surface area contributed by atoms with Gasteiger partial charge in [0, 0.05) is 19.7 Å². The summed E-state index contributed by atoms with van der Waals surface area (Å²) in [6.45, 7) is 9.63. The summed E-state index contributed by atoms with van der Waals surface area (Å²) >= 11 is 0. The van der Waals surface area contributed by atoms with E-state index in [9.17, 15) is 0 Å². The van der Waals surface area contributed by atoms with Crippen molar-refractivity contribution in [3.63, 3.8) is 0 Å². The molecule has 74 valence electrons. The lowest BCUT2D eigenvalue weighted by atomic mass is 10.2. The predicted octanol–water partition coefficient (Wildman–Crippen LogP) is 0.740. The van der Waals surface area contributed by atoms with Crippen molar-refractivity contribution in [2.24, 2.45) is 5.73 Å². The Morgan fingerprint density at radius 3 is 2.42 bits per heavy atom. The van der Waals surface area contributed by atoms with Gasteiger partial charge in [0.05, 0.1) is 5.60 Å². The van der Waals surface area contributed by atoms with Crippen LogP contribution in [-0.4, -0.2) is 31.8 Å². The van der Waals surface area contributed by atoms with E-state index in [1.54, 1.807) is 0 Å². The van der Waals surface area contributed by atoms with Gasteiger partial charge in [-0.15, -0.1) is 0 Å². The summed E-state index contributed by atoms with van der Waals surface area (Å²) in [5, 5.41) is 3.22. The van der Waals surface area contributed by atoms with Gasteiger partial charge in [-0.1, -0.05) is 0 Å². The first kappa shape index (κ1) is 11.9. The van der Waals surface area contributed by atoms with Gasteiger partial charge in [-0.05, 0) is 33.7 Å². The second kappa shape index (κ2) is 6.40. The number of hydrogen-bond donors (Lipinski definition) is 2. The van der Waals surface area contributed by atoms with Crippen molar-refractivity contribution in [2.75, 3.05) is 26.2 Å². The molecule has 0 heterocycles. The first-order chi connectivity index (χ1) is 5.56. The van der Waals surface area contributed by atoms with Gasteiger partial charge in [0.2, 0.25) is 0 Å². The molecule has 0 aromatic carbocycles. The number of rotatable bonds is 6. The normalized spacial score (nSPS) is 12.0. The lowest BCUT2D eigenvalue weighted by Gasteiger charge is -2.19. The van der Waals surface area contributed by atoms with Crippen molar-refractivity contribution in [3.8, 4) is 0 Å². The van der Waals surface area contributed by atoms with Crippen molar-refractivity contribution in [3.05, 3.63) is 0 Å². The van der Waals surface area contributed by atoms with Gasteiger partial charge in [-0.25, -0.2) is 0 Å². The molecule has 12 heavy (non-hydrogen) atoms. The highest BCUT2D eigenvalue weighted by atomic mass is 16.5.